The zero-order valence-corrected chi connectivity index (χ0v) is 17.2. The van der Waals surface area contributed by atoms with E-state index in [9.17, 15) is 25.2 Å². The Kier molecular flexibility index (Phi) is 5.06. The molecule has 1 fully saturated rings. The van der Waals surface area contributed by atoms with Crippen molar-refractivity contribution < 1.29 is 39.1 Å². The van der Waals surface area contributed by atoms with Gasteiger partial charge in [0.25, 0.3) is 0 Å². The molecule has 0 radical (unpaired) electrons. The highest BCUT2D eigenvalue weighted by molar-refractivity contribution is 5.90. The molecule has 2 aliphatic rings. The summed E-state index contributed by atoms with van der Waals surface area (Å²) < 4.78 is 22.8. The van der Waals surface area contributed by atoms with Crippen LogP contribution >= 0.6 is 0 Å². The lowest BCUT2D eigenvalue weighted by molar-refractivity contribution is -0.277. The minimum atomic E-state index is -1.55. The van der Waals surface area contributed by atoms with Gasteiger partial charge in [0.05, 0.1) is 17.6 Å². The first kappa shape index (κ1) is 21.1. The fourth-order valence-electron chi connectivity index (χ4n) is 4.02. The molecule has 2 aliphatic heterocycles. The van der Waals surface area contributed by atoms with E-state index >= 15 is 0 Å². The van der Waals surface area contributed by atoms with E-state index in [1.54, 1.807) is 19.1 Å². The van der Waals surface area contributed by atoms with Gasteiger partial charge in [0.1, 0.15) is 47.6 Å². The van der Waals surface area contributed by atoms with Crippen LogP contribution in [0, 0.1) is 6.92 Å². The van der Waals surface area contributed by atoms with Crippen molar-refractivity contribution in [2.45, 2.75) is 69.9 Å². The van der Waals surface area contributed by atoms with Gasteiger partial charge in [-0.1, -0.05) is 13.8 Å². The minimum absolute atomic E-state index is 0.240. The summed E-state index contributed by atoms with van der Waals surface area (Å²) in [7, 11) is 0. The highest BCUT2D eigenvalue weighted by Crippen LogP contribution is 2.46. The highest BCUT2D eigenvalue weighted by Gasteiger charge is 2.46. The van der Waals surface area contributed by atoms with Crippen LogP contribution in [-0.4, -0.2) is 63.8 Å². The van der Waals surface area contributed by atoms with Gasteiger partial charge in [0, 0.05) is 11.0 Å². The van der Waals surface area contributed by atoms with Crippen molar-refractivity contribution in [2.75, 3.05) is 6.61 Å². The predicted molar refractivity (Wildman–Crippen MR) is 105 cm³/mol. The molecule has 164 valence electrons. The van der Waals surface area contributed by atoms with Crippen molar-refractivity contribution in [1.82, 2.24) is 0 Å². The molecule has 9 nitrogen and oxygen atoms in total. The van der Waals surface area contributed by atoms with Gasteiger partial charge in [-0.3, -0.25) is 0 Å². The second-order valence-electron chi connectivity index (χ2n) is 8.45. The van der Waals surface area contributed by atoms with Crippen LogP contribution in [-0.2, 0) is 10.2 Å². The molecular weight excluding hydrogens is 396 g/mol. The van der Waals surface area contributed by atoms with E-state index in [1.165, 1.54) is 0 Å². The molecule has 1 aromatic carbocycles. The van der Waals surface area contributed by atoms with Gasteiger partial charge in [0.15, 0.2) is 0 Å². The lowest BCUT2D eigenvalue weighted by Gasteiger charge is -2.39. The SMILES string of the molecule is Cc1c(O[C@@H]2O[C@H](CO)[C@@H](O)[C@H](O)[C@H]2O)ccc2oc(=O)c3c(c12)OC(C)C3(C)C. The number of hydrogen-bond acceptors (Lipinski definition) is 9. The Balaban J connectivity index is 1.77. The molecule has 6 atom stereocenters. The maximum atomic E-state index is 12.6. The lowest BCUT2D eigenvalue weighted by Crippen LogP contribution is -2.60. The molecule has 0 aliphatic carbocycles. The number of fused-ring (bicyclic) bond motifs is 3. The molecule has 1 aromatic heterocycles. The Morgan fingerprint density at radius 1 is 1.13 bits per heavy atom. The Morgan fingerprint density at radius 2 is 1.83 bits per heavy atom. The number of hydrogen-bond donors (Lipinski definition) is 4. The van der Waals surface area contributed by atoms with Crippen molar-refractivity contribution in [1.29, 1.82) is 0 Å². The number of rotatable bonds is 3. The summed E-state index contributed by atoms with van der Waals surface area (Å²) in [6, 6.07) is 3.11. The average Bonchev–Trinajstić information content (AvgIpc) is 2.93. The number of aryl methyl sites for hydroxylation is 1. The molecule has 2 aromatic rings. The first-order valence-electron chi connectivity index (χ1n) is 9.82. The summed E-state index contributed by atoms with van der Waals surface area (Å²) in [6.45, 7) is 6.91. The van der Waals surface area contributed by atoms with E-state index in [0.29, 0.717) is 33.6 Å². The van der Waals surface area contributed by atoms with Gasteiger partial charge in [-0.15, -0.1) is 0 Å². The van der Waals surface area contributed by atoms with Crippen molar-refractivity contribution in [3.8, 4) is 11.5 Å². The van der Waals surface area contributed by atoms with Crippen LogP contribution in [0.25, 0.3) is 11.0 Å². The summed E-state index contributed by atoms with van der Waals surface area (Å²) >= 11 is 0. The average molecular weight is 422 g/mol. The molecule has 0 amide bonds. The summed E-state index contributed by atoms with van der Waals surface area (Å²) in [5.41, 5.74) is 0.395. The quantitative estimate of drug-likeness (QED) is 0.516. The van der Waals surface area contributed by atoms with Gasteiger partial charge in [-0.2, -0.15) is 0 Å². The number of ether oxygens (including phenoxy) is 3. The first-order chi connectivity index (χ1) is 14.1. The summed E-state index contributed by atoms with van der Waals surface area (Å²) in [4.78, 5) is 12.6. The smallest absolute Gasteiger partial charge is 0.343 e. The predicted octanol–water partition coefficient (Wildman–Crippen LogP) is 0.339. The third-order valence-corrected chi connectivity index (χ3v) is 6.28. The summed E-state index contributed by atoms with van der Waals surface area (Å²) in [5, 5.41) is 40.1. The normalized spacial score (nSPS) is 32.7. The molecule has 0 spiro atoms. The summed E-state index contributed by atoms with van der Waals surface area (Å²) in [6.07, 6.45) is -7.20. The maximum Gasteiger partial charge on any atom is 0.343 e. The molecule has 4 N–H and O–H groups in total. The Morgan fingerprint density at radius 3 is 2.50 bits per heavy atom. The number of aliphatic hydroxyl groups excluding tert-OH is 4. The van der Waals surface area contributed by atoms with E-state index in [4.69, 9.17) is 18.6 Å². The second kappa shape index (κ2) is 7.21. The van der Waals surface area contributed by atoms with E-state index < -0.39 is 48.4 Å². The van der Waals surface area contributed by atoms with Crippen LogP contribution in [0.4, 0.5) is 0 Å². The fourth-order valence-corrected chi connectivity index (χ4v) is 4.02. The molecular formula is C21H26O9. The van der Waals surface area contributed by atoms with Crippen LogP contribution in [0.3, 0.4) is 0 Å². The number of aliphatic hydroxyl groups is 4. The minimum Gasteiger partial charge on any atom is -0.488 e. The molecule has 30 heavy (non-hydrogen) atoms. The topological polar surface area (TPSA) is 139 Å². The maximum absolute atomic E-state index is 12.6. The second-order valence-corrected chi connectivity index (χ2v) is 8.45. The van der Waals surface area contributed by atoms with Crippen molar-refractivity contribution in [3.05, 3.63) is 33.7 Å². The molecule has 4 rings (SSSR count). The fraction of sp³-hybridized carbons (Fsp3) is 0.571. The van der Waals surface area contributed by atoms with Crippen LogP contribution in [0.5, 0.6) is 11.5 Å². The summed E-state index contributed by atoms with van der Waals surface area (Å²) in [5.74, 6) is 0.749. The largest absolute Gasteiger partial charge is 0.488 e. The van der Waals surface area contributed by atoms with Crippen LogP contribution < -0.4 is 15.1 Å². The molecule has 9 heteroatoms. The zero-order valence-electron chi connectivity index (χ0n) is 17.2. The van der Waals surface area contributed by atoms with E-state index in [0.717, 1.165) is 0 Å². The molecule has 1 unspecified atom stereocenters. The third-order valence-electron chi connectivity index (χ3n) is 6.28. The standard InChI is InChI=1S/C21H26O9/c1-8-10(29-20-17(25)16(24)15(23)12(7-22)30-20)5-6-11-13(8)18-14(19(26)28-11)21(3,4)9(2)27-18/h5-6,9,12,15-17,20,22-25H,7H2,1-4H3/t9?,12-,15-,16+,17-,20-/m1/s1. The van der Waals surface area contributed by atoms with Gasteiger partial charge in [0.2, 0.25) is 6.29 Å². The van der Waals surface area contributed by atoms with Crippen LogP contribution in [0.2, 0.25) is 0 Å². The molecule has 0 saturated carbocycles. The van der Waals surface area contributed by atoms with Crippen molar-refractivity contribution in [3.63, 3.8) is 0 Å². The van der Waals surface area contributed by atoms with Crippen molar-refractivity contribution >= 4 is 11.0 Å². The molecule has 3 heterocycles. The molecule has 1 saturated heterocycles. The lowest BCUT2D eigenvalue weighted by atomic mass is 9.82. The Labute approximate surface area is 172 Å². The number of benzene rings is 1. The van der Waals surface area contributed by atoms with Gasteiger partial charge in [-0.05, 0) is 26.0 Å². The third kappa shape index (κ3) is 3.00. The van der Waals surface area contributed by atoms with Crippen molar-refractivity contribution in [2.24, 2.45) is 0 Å². The van der Waals surface area contributed by atoms with Gasteiger partial charge < -0.3 is 39.1 Å². The van der Waals surface area contributed by atoms with Gasteiger partial charge in [-0.25, -0.2) is 4.79 Å². The zero-order chi connectivity index (χ0) is 22.0. The van der Waals surface area contributed by atoms with Gasteiger partial charge >= 0.3 is 5.63 Å². The monoisotopic (exact) mass is 422 g/mol. The van der Waals surface area contributed by atoms with E-state index in [1.807, 2.05) is 20.8 Å². The van der Waals surface area contributed by atoms with Crippen LogP contribution in [0.15, 0.2) is 21.3 Å². The Hall–Kier alpha value is -2.17. The van der Waals surface area contributed by atoms with Crippen LogP contribution in [0.1, 0.15) is 31.9 Å². The highest BCUT2D eigenvalue weighted by atomic mass is 16.7. The van der Waals surface area contributed by atoms with E-state index in [-0.39, 0.29) is 6.10 Å². The first-order valence-corrected chi connectivity index (χ1v) is 9.82. The Bertz CT molecular complexity index is 1030. The van der Waals surface area contributed by atoms with E-state index in [2.05, 4.69) is 0 Å². The molecule has 0 bridgehead atoms.